The van der Waals surface area contributed by atoms with Gasteiger partial charge in [-0.05, 0) is 48.9 Å². The number of nitrogens with one attached hydrogen (secondary N) is 2. The Labute approximate surface area is 168 Å². The molecule has 0 saturated heterocycles. The predicted molar refractivity (Wildman–Crippen MR) is 109 cm³/mol. The van der Waals surface area contributed by atoms with Crippen LogP contribution in [0.5, 0.6) is 5.75 Å². The van der Waals surface area contributed by atoms with Gasteiger partial charge in [0.1, 0.15) is 11.6 Å². The number of amides is 2. The largest absolute Gasteiger partial charge is 0.484 e. The van der Waals surface area contributed by atoms with E-state index in [0.717, 1.165) is 11.1 Å². The van der Waals surface area contributed by atoms with Gasteiger partial charge in [0, 0.05) is 6.54 Å². The van der Waals surface area contributed by atoms with Crippen LogP contribution in [-0.4, -0.2) is 18.4 Å². The molecule has 0 radical (unpaired) electrons. The molecule has 2 amide bonds. The maximum Gasteiger partial charge on any atom is 0.262 e. The lowest BCUT2D eigenvalue weighted by atomic mass is 10.1. The second kappa shape index (κ2) is 9.50. The van der Waals surface area contributed by atoms with E-state index >= 15 is 0 Å². The van der Waals surface area contributed by atoms with Crippen LogP contribution in [0.25, 0.3) is 0 Å². The van der Waals surface area contributed by atoms with E-state index in [-0.39, 0.29) is 18.3 Å². The van der Waals surface area contributed by atoms with E-state index in [4.69, 9.17) is 4.74 Å². The Morgan fingerprint density at radius 2 is 1.62 bits per heavy atom. The highest BCUT2D eigenvalue weighted by molar-refractivity contribution is 6.04. The van der Waals surface area contributed by atoms with E-state index < -0.39 is 5.91 Å². The van der Waals surface area contributed by atoms with Crippen molar-refractivity contribution >= 4 is 17.5 Å². The summed E-state index contributed by atoms with van der Waals surface area (Å²) in [6, 6.07) is 20.0. The van der Waals surface area contributed by atoms with Crippen molar-refractivity contribution in [3.05, 3.63) is 95.3 Å². The molecule has 0 aliphatic rings. The van der Waals surface area contributed by atoms with Crippen molar-refractivity contribution < 1.29 is 18.7 Å². The SMILES string of the molecule is Cc1ccc(CNC(=O)c2ccccc2NC(=O)COc2ccc(F)cc2)cc1. The molecule has 3 aromatic carbocycles. The zero-order chi connectivity index (χ0) is 20.6. The number of ether oxygens (including phenoxy) is 1. The second-order valence-corrected chi connectivity index (χ2v) is 6.50. The first-order valence-electron chi connectivity index (χ1n) is 9.12. The monoisotopic (exact) mass is 392 g/mol. The van der Waals surface area contributed by atoms with Crippen LogP contribution in [0.4, 0.5) is 10.1 Å². The highest BCUT2D eigenvalue weighted by Crippen LogP contribution is 2.16. The van der Waals surface area contributed by atoms with Gasteiger partial charge in [-0.2, -0.15) is 0 Å². The first-order chi connectivity index (χ1) is 14.0. The van der Waals surface area contributed by atoms with Gasteiger partial charge in [0.15, 0.2) is 6.61 Å². The molecule has 2 N–H and O–H groups in total. The highest BCUT2D eigenvalue weighted by atomic mass is 19.1. The summed E-state index contributed by atoms with van der Waals surface area (Å²) in [5.74, 6) is -0.716. The summed E-state index contributed by atoms with van der Waals surface area (Å²) in [6.45, 7) is 2.13. The van der Waals surface area contributed by atoms with Crippen LogP contribution in [-0.2, 0) is 11.3 Å². The molecule has 0 fully saturated rings. The summed E-state index contributed by atoms with van der Waals surface area (Å²) >= 11 is 0. The minimum Gasteiger partial charge on any atom is -0.484 e. The number of benzene rings is 3. The molecule has 0 unspecified atom stereocenters. The average molecular weight is 392 g/mol. The van der Waals surface area contributed by atoms with E-state index in [1.54, 1.807) is 24.3 Å². The molecule has 3 aromatic rings. The van der Waals surface area contributed by atoms with E-state index in [9.17, 15) is 14.0 Å². The minimum atomic E-state index is -0.423. The van der Waals surface area contributed by atoms with Gasteiger partial charge < -0.3 is 15.4 Å². The van der Waals surface area contributed by atoms with E-state index in [2.05, 4.69) is 10.6 Å². The fourth-order valence-electron chi connectivity index (χ4n) is 2.64. The van der Waals surface area contributed by atoms with Crippen LogP contribution in [0.3, 0.4) is 0 Å². The number of carbonyl (C=O) groups is 2. The third kappa shape index (κ3) is 5.90. The lowest BCUT2D eigenvalue weighted by Crippen LogP contribution is -2.26. The van der Waals surface area contributed by atoms with Gasteiger partial charge >= 0.3 is 0 Å². The quantitative estimate of drug-likeness (QED) is 0.637. The predicted octanol–water partition coefficient (Wildman–Crippen LogP) is 4.08. The van der Waals surface area contributed by atoms with Crippen molar-refractivity contribution in [1.29, 1.82) is 0 Å². The van der Waals surface area contributed by atoms with Crippen LogP contribution in [0, 0.1) is 12.7 Å². The van der Waals surface area contributed by atoms with Crippen LogP contribution >= 0.6 is 0 Å². The van der Waals surface area contributed by atoms with Gasteiger partial charge in [0.2, 0.25) is 0 Å². The molecule has 0 spiro atoms. The maximum absolute atomic E-state index is 12.9. The maximum atomic E-state index is 12.9. The van der Waals surface area contributed by atoms with Gasteiger partial charge in [-0.15, -0.1) is 0 Å². The molecule has 0 aliphatic carbocycles. The number of halogens is 1. The zero-order valence-electron chi connectivity index (χ0n) is 15.9. The van der Waals surface area contributed by atoms with Gasteiger partial charge in [0.25, 0.3) is 11.8 Å². The van der Waals surface area contributed by atoms with Crippen molar-refractivity contribution in [2.75, 3.05) is 11.9 Å². The minimum absolute atomic E-state index is 0.259. The fourth-order valence-corrected chi connectivity index (χ4v) is 2.64. The van der Waals surface area contributed by atoms with Crippen molar-refractivity contribution in [1.82, 2.24) is 5.32 Å². The molecule has 0 atom stereocenters. The Bertz CT molecular complexity index is 986. The lowest BCUT2D eigenvalue weighted by Gasteiger charge is -2.12. The smallest absolute Gasteiger partial charge is 0.262 e. The normalized spacial score (nSPS) is 10.3. The molecule has 29 heavy (non-hydrogen) atoms. The molecule has 0 aliphatic heterocycles. The number of anilines is 1. The summed E-state index contributed by atoms with van der Waals surface area (Å²) < 4.78 is 18.2. The first-order valence-corrected chi connectivity index (χ1v) is 9.12. The molecule has 148 valence electrons. The number of hydrogen-bond donors (Lipinski definition) is 2. The average Bonchev–Trinajstić information content (AvgIpc) is 2.73. The van der Waals surface area contributed by atoms with Gasteiger partial charge in [-0.1, -0.05) is 42.0 Å². The Balaban J connectivity index is 1.58. The Morgan fingerprint density at radius 3 is 2.34 bits per heavy atom. The number of carbonyl (C=O) groups excluding carboxylic acids is 2. The standard InChI is InChI=1S/C23H21FN2O3/c1-16-6-8-17(9-7-16)14-25-23(28)20-4-2-3-5-21(20)26-22(27)15-29-19-12-10-18(24)11-13-19/h2-13H,14-15H2,1H3,(H,25,28)(H,26,27). The molecule has 0 heterocycles. The summed E-state index contributed by atoms with van der Waals surface area (Å²) in [4.78, 5) is 24.8. The Morgan fingerprint density at radius 1 is 0.931 bits per heavy atom. The van der Waals surface area contributed by atoms with Crippen molar-refractivity contribution in [2.45, 2.75) is 13.5 Å². The third-order valence-electron chi connectivity index (χ3n) is 4.20. The lowest BCUT2D eigenvalue weighted by molar-refractivity contribution is -0.118. The third-order valence-corrected chi connectivity index (χ3v) is 4.20. The molecular weight excluding hydrogens is 371 g/mol. The fraction of sp³-hybridized carbons (Fsp3) is 0.130. The van der Waals surface area contributed by atoms with Crippen molar-refractivity contribution in [3.63, 3.8) is 0 Å². The van der Waals surface area contributed by atoms with Gasteiger partial charge in [-0.3, -0.25) is 9.59 Å². The number of aryl methyl sites for hydroxylation is 1. The molecule has 6 heteroatoms. The van der Waals surface area contributed by atoms with E-state index in [1.807, 2.05) is 31.2 Å². The molecule has 0 aromatic heterocycles. The second-order valence-electron chi connectivity index (χ2n) is 6.50. The molecular formula is C23H21FN2O3. The summed E-state index contributed by atoms with van der Waals surface area (Å²) in [6.07, 6.45) is 0. The molecule has 0 bridgehead atoms. The molecule has 0 saturated carbocycles. The Hall–Kier alpha value is -3.67. The molecule has 3 rings (SSSR count). The highest BCUT2D eigenvalue weighted by Gasteiger charge is 2.13. The van der Waals surface area contributed by atoms with Crippen LogP contribution < -0.4 is 15.4 Å². The van der Waals surface area contributed by atoms with Gasteiger partial charge in [-0.25, -0.2) is 4.39 Å². The van der Waals surface area contributed by atoms with Gasteiger partial charge in [0.05, 0.1) is 11.3 Å². The first kappa shape index (κ1) is 20.1. The summed E-state index contributed by atoms with van der Waals surface area (Å²) in [7, 11) is 0. The number of rotatable bonds is 7. The zero-order valence-corrected chi connectivity index (χ0v) is 15.9. The number of hydrogen-bond acceptors (Lipinski definition) is 3. The van der Waals surface area contributed by atoms with Crippen LogP contribution in [0.15, 0.2) is 72.8 Å². The van der Waals surface area contributed by atoms with Crippen LogP contribution in [0.2, 0.25) is 0 Å². The Kier molecular flexibility index (Phi) is 6.58. The molecule has 5 nitrogen and oxygen atoms in total. The number of para-hydroxylation sites is 1. The van der Waals surface area contributed by atoms with E-state index in [0.29, 0.717) is 23.5 Å². The van der Waals surface area contributed by atoms with E-state index in [1.165, 1.54) is 24.3 Å². The van der Waals surface area contributed by atoms with Crippen molar-refractivity contribution in [3.8, 4) is 5.75 Å². The summed E-state index contributed by atoms with van der Waals surface area (Å²) in [5.41, 5.74) is 2.88. The van der Waals surface area contributed by atoms with Crippen molar-refractivity contribution in [2.24, 2.45) is 0 Å². The summed E-state index contributed by atoms with van der Waals surface area (Å²) in [5, 5.41) is 5.53. The topological polar surface area (TPSA) is 67.4 Å². The van der Waals surface area contributed by atoms with Crippen LogP contribution in [0.1, 0.15) is 21.5 Å².